The molecule has 62 heavy (non-hydrogen) atoms. The van der Waals surface area contributed by atoms with E-state index in [0.29, 0.717) is 44.6 Å². The highest BCUT2D eigenvalue weighted by atomic mass is 16.9. The third kappa shape index (κ3) is 8.05. The van der Waals surface area contributed by atoms with Gasteiger partial charge in [-0.3, -0.25) is 15.0 Å². The standard InChI is InChI=1S/C43H41N5O14/c1-44-23-25-45(26-24-44)34(31-12-14-32(15-13-31)48(55)56)27-46-28-41(57-35(49)16-17-36(50)58-41)47(22-5-4-8-30-10-6-9-29-7-2-3-11-33(29)30)43(61-39(53)20-21-40(54)62-43)42(46)59-37(51)18-19-38(52)60-42/h2-3,6-7,9-21,34H,4-5,8,22-28H2,1H3. The predicted molar refractivity (Wildman–Crippen MR) is 212 cm³/mol. The van der Waals surface area contributed by atoms with Crippen LogP contribution in [0.4, 0.5) is 5.69 Å². The molecule has 8 rings (SSSR count). The molecule has 3 aromatic carbocycles. The van der Waals surface area contributed by atoms with Crippen molar-refractivity contribution in [3.63, 3.8) is 0 Å². The molecule has 5 aliphatic rings. The van der Waals surface area contributed by atoms with Crippen LogP contribution >= 0.6 is 0 Å². The maximum Gasteiger partial charge on any atom is 0.426 e. The number of benzene rings is 3. The SMILES string of the molecule is CN1CCN(C(CN2CC3(OC(=O)C=CC(=O)O3)N(CCCCc3cccc4ccccc34)C3(OC(=O)C=CC(=O)O3)C23OC(=O)C=CC(=O)O3)c2ccc([N+](=O)[O-])cc2)CC1. The van der Waals surface area contributed by atoms with E-state index in [1.807, 2.05) is 54.4 Å². The lowest BCUT2D eigenvalue weighted by atomic mass is 9.99. The van der Waals surface area contributed by atoms with E-state index < -0.39 is 71.1 Å². The first-order chi connectivity index (χ1) is 29.8. The number of piperazine rings is 2. The van der Waals surface area contributed by atoms with Crippen molar-refractivity contribution < 1.29 is 62.1 Å². The van der Waals surface area contributed by atoms with E-state index in [4.69, 9.17) is 28.4 Å². The molecule has 19 nitrogen and oxygen atoms in total. The Balaban J connectivity index is 1.29. The number of nitrogens with zero attached hydrogens (tertiary/aromatic N) is 5. The molecular weight excluding hydrogens is 810 g/mol. The number of nitro groups is 1. The zero-order valence-corrected chi connectivity index (χ0v) is 33.4. The van der Waals surface area contributed by atoms with Crippen LogP contribution in [0.5, 0.6) is 0 Å². The number of carbonyl (C=O) groups is 6. The van der Waals surface area contributed by atoms with E-state index in [1.54, 1.807) is 0 Å². The summed E-state index contributed by atoms with van der Waals surface area (Å²) < 4.78 is 36.2. The van der Waals surface area contributed by atoms with Gasteiger partial charge in [0.05, 0.1) is 4.92 Å². The van der Waals surface area contributed by atoms with Gasteiger partial charge in [-0.15, -0.1) is 4.90 Å². The van der Waals surface area contributed by atoms with E-state index in [0.717, 1.165) is 62.6 Å². The third-order valence-corrected chi connectivity index (χ3v) is 11.3. The summed E-state index contributed by atoms with van der Waals surface area (Å²) in [6.45, 7) is 0.550. The van der Waals surface area contributed by atoms with Crippen molar-refractivity contribution >= 4 is 52.3 Å². The molecule has 322 valence electrons. The lowest BCUT2D eigenvalue weighted by Gasteiger charge is -2.60. The van der Waals surface area contributed by atoms with Crippen LogP contribution in [-0.2, 0) is 63.6 Å². The smallest absolute Gasteiger partial charge is 0.403 e. The molecule has 19 heteroatoms. The van der Waals surface area contributed by atoms with Gasteiger partial charge in [0.15, 0.2) is 0 Å². The number of carbonyl (C=O) groups excluding carboxylic acids is 6. The van der Waals surface area contributed by atoms with Gasteiger partial charge in [0.1, 0.15) is 6.54 Å². The van der Waals surface area contributed by atoms with Gasteiger partial charge >= 0.3 is 53.5 Å². The molecule has 5 aliphatic heterocycles. The van der Waals surface area contributed by atoms with Crippen LogP contribution in [0.2, 0.25) is 0 Å². The second kappa shape index (κ2) is 16.9. The van der Waals surface area contributed by atoms with Crippen molar-refractivity contribution in [3.8, 4) is 0 Å². The van der Waals surface area contributed by atoms with Crippen molar-refractivity contribution in [3.05, 3.63) is 124 Å². The maximum absolute atomic E-state index is 13.8. The minimum atomic E-state index is -3.20. The highest BCUT2D eigenvalue weighted by Gasteiger charge is 2.81. The summed E-state index contributed by atoms with van der Waals surface area (Å²) in [6, 6.07) is 18.6. The highest BCUT2D eigenvalue weighted by molar-refractivity contribution is 5.96. The van der Waals surface area contributed by atoms with Crippen LogP contribution in [0.1, 0.15) is 30.0 Å². The Bertz CT molecular complexity index is 2340. The summed E-state index contributed by atoms with van der Waals surface area (Å²) in [6.07, 6.45) is 5.71. The lowest BCUT2D eigenvalue weighted by molar-refractivity contribution is -0.516. The number of rotatable bonds is 10. The van der Waals surface area contributed by atoms with Gasteiger partial charge in [-0.25, -0.2) is 33.7 Å². The van der Waals surface area contributed by atoms with Gasteiger partial charge < -0.3 is 33.3 Å². The number of likely N-dealkylation sites (N-methyl/N-ethyl adjacent to an activating group) is 1. The van der Waals surface area contributed by atoms with Crippen LogP contribution in [-0.4, -0.2) is 131 Å². The second-order valence-corrected chi connectivity index (χ2v) is 15.2. The first kappa shape index (κ1) is 41.9. The van der Waals surface area contributed by atoms with Gasteiger partial charge in [0.25, 0.3) is 5.69 Å². The van der Waals surface area contributed by atoms with E-state index >= 15 is 0 Å². The molecule has 2 saturated heterocycles. The number of hydrogen-bond acceptors (Lipinski definition) is 18. The third-order valence-electron chi connectivity index (χ3n) is 11.3. The summed E-state index contributed by atoms with van der Waals surface area (Å²) in [4.78, 5) is 99.4. The summed E-state index contributed by atoms with van der Waals surface area (Å²) in [5.41, 5.74) is 1.31. The van der Waals surface area contributed by atoms with Gasteiger partial charge in [-0.2, -0.15) is 0 Å². The van der Waals surface area contributed by atoms with E-state index in [2.05, 4.69) is 4.90 Å². The average molecular weight is 852 g/mol. The molecule has 0 radical (unpaired) electrons. The normalized spacial score (nSPS) is 22.0. The van der Waals surface area contributed by atoms with Crippen molar-refractivity contribution in [2.75, 3.05) is 52.9 Å². The summed E-state index contributed by atoms with van der Waals surface area (Å²) >= 11 is 0. The molecule has 1 atom stereocenters. The lowest BCUT2D eigenvalue weighted by Crippen LogP contribution is -2.87. The Hall–Kier alpha value is -6.80. The minimum absolute atomic E-state index is 0.140. The molecule has 5 heterocycles. The number of non-ortho nitro benzene ring substituents is 1. The van der Waals surface area contributed by atoms with Gasteiger partial charge in [-0.1, -0.05) is 54.6 Å². The number of fused-ring (bicyclic) bond motifs is 2. The first-order valence-corrected chi connectivity index (χ1v) is 19.9. The fourth-order valence-electron chi connectivity index (χ4n) is 8.42. The Kier molecular flexibility index (Phi) is 11.4. The molecule has 3 spiro atoms. The van der Waals surface area contributed by atoms with Gasteiger partial charge in [0.2, 0.25) is 0 Å². The van der Waals surface area contributed by atoms with Gasteiger partial charge in [-0.05, 0) is 48.2 Å². The van der Waals surface area contributed by atoms with Crippen LogP contribution < -0.4 is 0 Å². The summed E-state index contributed by atoms with van der Waals surface area (Å²) in [5.74, 6) is -15.9. The fourth-order valence-corrected chi connectivity index (χ4v) is 8.42. The topological polar surface area (TPSA) is 214 Å². The fraction of sp³-hybridized carbons (Fsp3) is 0.349. The van der Waals surface area contributed by atoms with Crippen LogP contribution in [0.15, 0.2) is 103 Å². The molecule has 0 bridgehead atoms. The van der Waals surface area contributed by atoms with E-state index in [1.165, 1.54) is 24.3 Å². The van der Waals surface area contributed by atoms with Crippen molar-refractivity contribution in [1.82, 2.24) is 19.6 Å². The first-order valence-electron chi connectivity index (χ1n) is 19.9. The van der Waals surface area contributed by atoms with Crippen LogP contribution in [0.3, 0.4) is 0 Å². The number of unbranched alkanes of at least 4 members (excludes halogenated alkanes) is 1. The monoisotopic (exact) mass is 851 g/mol. The highest BCUT2D eigenvalue weighted by Crippen LogP contribution is 2.51. The van der Waals surface area contributed by atoms with Crippen LogP contribution in [0, 0.1) is 10.1 Å². The molecule has 0 aromatic heterocycles. The largest absolute Gasteiger partial charge is 0.426 e. The molecule has 0 N–H and O–H groups in total. The Labute approximate surface area is 353 Å². The van der Waals surface area contributed by atoms with Crippen LogP contribution in [0.25, 0.3) is 10.8 Å². The second-order valence-electron chi connectivity index (χ2n) is 15.2. The number of ether oxygens (including phenoxy) is 6. The minimum Gasteiger partial charge on any atom is -0.403 e. The molecule has 2 fully saturated rings. The number of aryl methyl sites for hydroxylation is 1. The van der Waals surface area contributed by atoms with Crippen molar-refractivity contribution in [1.29, 1.82) is 0 Å². The number of hydrogen-bond donors (Lipinski definition) is 0. The molecule has 0 amide bonds. The molecule has 1 unspecified atom stereocenters. The molecule has 0 aliphatic carbocycles. The number of esters is 6. The van der Waals surface area contributed by atoms with Crippen molar-refractivity contribution in [2.45, 2.75) is 43.0 Å². The zero-order chi connectivity index (χ0) is 43.6. The summed E-state index contributed by atoms with van der Waals surface area (Å²) in [5, 5.41) is 13.7. The van der Waals surface area contributed by atoms with E-state index in [-0.39, 0.29) is 25.2 Å². The number of nitro benzene ring substituents is 1. The Morgan fingerprint density at radius 2 is 1.18 bits per heavy atom. The summed E-state index contributed by atoms with van der Waals surface area (Å²) in [7, 11) is 1.94. The Morgan fingerprint density at radius 3 is 1.76 bits per heavy atom. The Morgan fingerprint density at radius 1 is 0.645 bits per heavy atom. The zero-order valence-electron chi connectivity index (χ0n) is 33.4. The van der Waals surface area contributed by atoms with Crippen molar-refractivity contribution in [2.24, 2.45) is 0 Å². The predicted octanol–water partition coefficient (Wildman–Crippen LogP) is 2.61. The molecule has 3 aromatic rings. The average Bonchev–Trinajstić information content (AvgIpc) is 3.58. The van der Waals surface area contributed by atoms with Gasteiger partial charge in [0, 0.05) is 93.9 Å². The maximum atomic E-state index is 13.8. The molecule has 0 saturated carbocycles. The molecular formula is C43H41N5O14. The quantitative estimate of drug-likeness (QED) is 0.0942. The van der Waals surface area contributed by atoms with E-state index in [9.17, 15) is 38.9 Å².